The summed E-state index contributed by atoms with van der Waals surface area (Å²) in [5, 5.41) is 3.71. The van der Waals surface area contributed by atoms with Gasteiger partial charge in [0.05, 0.1) is 12.0 Å². The smallest absolute Gasteiger partial charge is 0.293 e. The van der Waals surface area contributed by atoms with Gasteiger partial charge in [0.1, 0.15) is 11.5 Å². The number of H-pyrrole nitrogens is 1. The standard InChI is InChI=1S/C22H25N5O2/c1-29-11-12-3-6-15(7-4-12)25-22(28)21-26-19(23)18-17(10-24-20(18)27-21)16-9-13-2-5-14(16)8-13/h3-4,6-7,10,13-14,16H,2,5,8-9,11H2,1H3,(H,25,28)(H3,23,24,26,27). The average Bonchev–Trinajstić information content (AvgIpc) is 3.44. The quantitative estimate of drug-likeness (QED) is 0.613. The van der Waals surface area contributed by atoms with Crippen LogP contribution in [-0.4, -0.2) is 28.0 Å². The van der Waals surface area contributed by atoms with Crippen molar-refractivity contribution in [2.24, 2.45) is 11.8 Å². The summed E-state index contributed by atoms with van der Waals surface area (Å²) in [7, 11) is 1.65. The summed E-state index contributed by atoms with van der Waals surface area (Å²) in [6, 6.07) is 7.47. The maximum absolute atomic E-state index is 12.7. The van der Waals surface area contributed by atoms with Crippen LogP contribution in [0.3, 0.4) is 0 Å². The molecular weight excluding hydrogens is 366 g/mol. The Balaban J connectivity index is 1.39. The Bertz CT molecular complexity index is 1060. The number of aromatic nitrogens is 3. The highest BCUT2D eigenvalue weighted by Gasteiger charge is 2.41. The molecular formula is C22H25N5O2. The van der Waals surface area contributed by atoms with Crippen molar-refractivity contribution in [1.29, 1.82) is 0 Å². The van der Waals surface area contributed by atoms with Gasteiger partial charge in [-0.15, -0.1) is 0 Å². The molecule has 7 nitrogen and oxygen atoms in total. The number of anilines is 2. The average molecular weight is 391 g/mol. The lowest BCUT2D eigenvalue weighted by atomic mass is 9.83. The van der Waals surface area contributed by atoms with Crippen LogP contribution in [0.25, 0.3) is 11.0 Å². The van der Waals surface area contributed by atoms with Gasteiger partial charge in [-0.2, -0.15) is 0 Å². The summed E-state index contributed by atoms with van der Waals surface area (Å²) in [5.41, 5.74) is 9.84. The number of fused-ring (bicyclic) bond motifs is 3. The maximum Gasteiger partial charge on any atom is 0.293 e. The molecule has 3 unspecified atom stereocenters. The molecule has 0 saturated heterocycles. The molecule has 4 N–H and O–H groups in total. The van der Waals surface area contributed by atoms with Crippen LogP contribution in [0.4, 0.5) is 11.5 Å². The Morgan fingerprint density at radius 3 is 2.76 bits per heavy atom. The first-order chi connectivity index (χ1) is 14.1. The summed E-state index contributed by atoms with van der Waals surface area (Å²) >= 11 is 0. The van der Waals surface area contributed by atoms with Crippen molar-refractivity contribution < 1.29 is 9.53 Å². The first-order valence-corrected chi connectivity index (χ1v) is 10.2. The minimum absolute atomic E-state index is 0.0670. The predicted molar refractivity (Wildman–Crippen MR) is 112 cm³/mol. The Labute approximate surface area is 169 Å². The van der Waals surface area contributed by atoms with Gasteiger partial charge in [0.2, 0.25) is 5.82 Å². The topological polar surface area (TPSA) is 106 Å². The van der Waals surface area contributed by atoms with Crippen LogP contribution in [0.2, 0.25) is 0 Å². The normalized spacial score (nSPS) is 23.0. The lowest BCUT2D eigenvalue weighted by Gasteiger charge is -2.21. The third kappa shape index (κ3) is 3.25. The number of carbonyl (C=O) groups excluding carboxylic acids is 1. The van der Waals surface area contributed by atoms with Crippen LogP contribution >= 0.6 is 0 Å². The molecule has 3 aromatic rings. The van der Waals surface area contributed by atoms with E-state index in [0.29, 0.717) is 29.7 Å². The second kappa shape index (κ2) is 7.15. The first-order valence-electron chi connectivity index (χ1n) is 10.2. The summed E-state index contributed by atoms with van der Waals surface area (Å²) in [4.78, 5) is 24.7. The minimum atomic E-state index is -0.380. The molecule has 2 fully saturated rings. The van der Waals surface area contributed by atoms with Crippen molar-refractivity contribution >= 4 is 28.4 Å². The second-order valence-electron chi connectivity index (χ2n) is 8.27. The van der Waals surface area contributed by atoms with Crippen LogP contribution in [0.15, 0.2) is 30.5 Å². The molecule has 5 rings (SSSR count). The van der Waals surface area contributed by atoms with E-state index in [1.807, 2.05) is 30.5 Å². The zero-order chi connectivity index (χ0) is 20.0. The summed E-state index contributed by atoms with van der Waals surface area (Å²) in [6.07, 6.45) is 7.20. The highest BCUT2D eigenvalue weighted by atomic mass is 16.5. The van der Waals surface area contributed by atoms with E-state index < -0.39 is 0 Å². The summed E-state index contributed by atoms with van der Waals surface area (Å²) < 4.78 is 5.10. The van der Waals surface area contributed by atoms with Gasteiger partial charge < -0.3 is 20.8 Å². The molecule has 2 saturated carbocycles. The van der Waals surface area contributed by atoms with Gasteiger partial charge in [-0.3, -0.25) is 4.79 Å². The summed E-state index contributed by atoms with van der Waals surface area (Å²) in [6.45, 7) is 0.530. The molecule has 150 valence electrons. The predicted octanol–water partition coefficient (Wildman–Crippen LogP) is 3.84. The van der Waals surface area contributed by atoms with Crippen molar-refractivity contribution in [3.8, 4) is 0 Å². The Kier molecular flexibility index (Phi) is 4.47. The van der Waals surface area contributed by atoms with E-state index in [2.05, 4.69) is 20.3 Å². The van der Waals surface area contributed by atoms with E-state index in [0.717, 1.165) is 22.8 Å². The number of carbonyl (C=O) groups is 1. The molecule has 0 radical (unpaired) electrons. The van der Waals surface area contributed by atoms with Gasteiger partial charge in [0.25, 0.3) is 5.91 Å². The van der Waals surface area contributed by atoms with E-state index >= 15 is 0 Å². The molecule has 0 spiro atoms. The van der Waals surface area contributed by atoms with Gasteiger partial charge in [0, 0.05) is 19.0 Å². The van der Waals surface area contributed by atoms with Gasteiger partial charge in [-0.25, -0.2) is 9.97 Å². The van der Waals surface area contributed by atoms with Crippen LogP contribution in [0.1, 0.15) is 53.3 Å². The fourth-order valence-corrected chi connectivity index (χ4v) is 5.14. The van der Waals surface area contributed by atoms with E-state index in [1.54, 1.807) is 7.11 Å². The fourth-order valence-electron chi connectivity index (χ4n) is 5.14. The first kappa shape index (κ1) is 18.1. The van der Waals surface area contributed by atoms with Crippen LogP contribution in [0.5, 0.6) is 0 Å². The summed E-state index contributed by atoms with van der Waals surface area (Å²) in [5.74, 6) is 2.17. The van der Waals surface area contributed by atoms with E-state index in [9.17, 15) is 4.79 Å². The molecule has 3 atom stereocenters. The number of amides is 1. The zero-order valence-corrected chi connectivity index (χ0v) is 16.4. The number of nitrogens with one attached hydrogen (secondary N) is 2. The fraction of sp³-hybridized carbons (Fsp3) is 0.409. The maximum atomic E-state index is 12.7. The number of benzene rings is 1. The number of ether oxygens (including phenoxy) is 1. The molecule has 2 aliphatic carbocycles. The lowest BCUT2D eigenvalue weighted by molar-refractivity contribution is 0.101. The number of nitrogens with two attached hydrogens (primary N) is 1. The monoisotopic (exact) mass is 391 g/mol. The molecule has 2 aliphatic rings. The number of rotatable bonds is 5. The van der Waals surface area contributed by atoms with E-state index in [4.69, 9.17) is 10.5 Å². The van der Waals surface area contributed by atoms with Gasteiger partial charge in [-0.1, -0.05) is 18.6 Å². The Morgan fingerprint density at radius 2 is 2.07 bits per heavy atom. The molecule has 2 aromatic heterocycles. The van der Waals surface area contributed by atoms with Gasteiger partial charge in [-0.05, 0) is 60.3 Å². The Morgan fingerprint density at radius 1 is 1.24 bits per heavy atom. The van der Waals surface area contributed by atoms with Crippen molar-refractivity contribution in [1.82, 2.24) is 15.0 Å². The zero-order valence-electron chi connectivity index (χ0n) is 16.4. The second-order valence-corrected chi connectivity index (χ2v) is 8.27. The highest BCUT2D eigenvalue weighted by molar-refractivity contribution is 6.03. The molecule has 29 heavy (non-hydrogen) atoms. The largest absolute Gasteiger partial charge is 0.383 e. The number of aromatic amines is 1. The van der Waals surface area contributed by atoms with Crippen molar-refractivity contribution in [2.45, 2.75) is 38.2 Å². The third-order valence-electron chi connectivity index (χ3n) is 6.45. The van der Waals surface area contributed by atoms with Crippen LogP contribution in [0, 0.1) is 11.8 Å². The highest BCUT2D eigenvalue weighted by Crippen LogP contribution is 2.54. The molecule has 0 aliphatic heterocycles. The van der Waals surface area contributed by atoms with Crippen molar-refractivity contribution in [3.05, 3.63) is 47.4 Å². The molecule has 7 heteroatoms. The Hall–Kier alpha value is -2.93. The molecule has 2 heterocycles. The number of methoxy groups -OCH3 is 1. The number of nitrogens with zero attached hydrogens (tertiary/aromatic N) is 2. The van der Waals surface area contributed by atoms with Crippen molar-refractivity contribution in [2.75, 3.05) is 18.2 Å². The molecule has 1 amide bonds. The molecule has 2 bridgehead atoms. The molecule has 1 aromatic carbocycles. The van der Waals surface area contributed by atoms with Gasteiger partial charge >= 0.3 is 0 Å². The lowest BCUT2D eigenvalue weighted by Crippen LogP contribution is -2.17. The van der Waals surface area contributed by atoms with Crippen LogP contribution < -0.4 is 11.1 Å². The number of hydrogen-bond donors (Lipinski definition) is 3. The van der Waals surface area contributed by atoms with E-state index in [1.165, 1.54) is 31.2 Å². The number of nitrogen functional groups attached to an aromatic ring is 1. The SMILES string of the molecule is COCc1ccc(NC(=O)c2nc(N)c3c(C4CC5CCC4C5)c[nH]c3n2)cc1. The third-order valence-corrected chi connectivity index (χ3v) is 6.45. The van der Waals surface area contributed by atoms with E-state index in [-0.39, 0.29) is 11.7 Å². The number of hydrogen-bond acceptors (Lipinski definition) is 5. The van der Waals surface area contributed by atoms with Gasteiger partial charge in [0.15, 0.2) is 0 Å². The minimum Gasteiger partial charge on any atom is -0.383 e. The van der Waals surface area contributed by atoms with Crippen LogP contribution in [-0.2, 0) is 11.3 Å². The van der Waals surface area contributed by atoms with Crippen molar-refractivity contribution in [3.63, 3.8) is 0 Å².